The molecule has 5 heteroatoms. The molecule has 16 heavy (non-hydrogen) atoms. The molecule has 1 N–H and O–H groups in total. The molecule has 1 heterocycles. The minimum absolute atomic E-state index is 0.154. The van der Waals surface area contributed by atoms with Crippen LogP contribution in [0.4, 0.5) is 0 Å². The minimum atomic E-state index is -0.788. The van der Waals surface area contributed by atoms with Gasteiger partial charge in [0.15, 0.2) is 5.79 Å². The summed E-state index contributed by atoms with van der Waals surface area (Å²) < 4.78 is 23.5. The van der Waals surface area contributed by atoms with Crippen molar-refractivity contribution in [1.82, 2.24) is 5.32 Å². The maximum absolute atomic E-state index is 12.0. The summed E-state index contributed by atoms with van der Waals surface area (Å²) in [7, 11) is 1.16. The van der Waals surface area contributed by atoms with E-state index in [1.165, 1.54) is 0 Å². The molecule has 1 aliphatic carbocycles. The van der Waals surface area contributed by atoms with Gasteiger partial charge in [-0.25, -0.2) is 0 Å². The molecule has 3 atom stereocenters. The van der Waals surface area contributed by atoms with E-state index < -0.39 is 16.6 Å². The van der Waals surface area contributed by atoms with Gasteiger partial charge in [0.1, 0.15) is 0 Å². The van der Waals surface area contributed by atoms with Crippen molar-refractivity contribution >= 4 is 10.8 Å². The first-order chi connectivity index (χ1) is 7.71. The van der Waals surface area contributed by atoms with Crippen LogP contribution in [0.15, 0.2) is 0 Å². The normalized spacial score (nSPS) is 35.4. The van der Waals surface area contributed by atoms with Crippen molar-refractivity contribution in [3.8, 4) is 0 Å². The van der Waals surface area contributed by atoms with Gasteiger partial charge in [-0.05, 0) is 13.5 Å². The third-order valence-corrected chi connectivity index (χ3v) is 5.34. The highest BCUT2D eigenvalue weighted by atomic mass is 32.2. The number of nitrogens with one attached hydrogen (secondary N) is 1. The molecule has 3 unspecified atom stereocenters. The lowest BCUT2D eigenvalue weighted by atomic mass is 9.89. The molecule has 0 radical (unpaired) electrons. The number of rotatable bonds is 3. The average molecular weight is 247 g/mol. The Labute approximate surface area is 99.5 Å². The van der Waals surface area contributed by atoms with Crippen LogP contribution in [0.5, 0.6) is 0 Å². The fraction of sp³-hybridized carbons (Fsp3) is 1.00. The summed E-state index contributed by atoms with van der Waals surface area (Å²) in [6.45, 7) is 3.33. The zero-order chi connectivity index (χ0) is 11.6. The lowest BCUT2D eigenvalue weighted by Gasteiger charge is -2.40. The summed E-state index contributed by atoms with van der Waals surface area (Å²) in [5, 5.41) is 3.43. The van der Waals surface area contributed by atoms with Gasteiger partial charge in [0.05, 0.1) is 18.5 Å². The Balaban J connectivity index is 2.08. The molecule has 94 valence electrons. The van der Waals surface area contributed by atoms with E-state index in [9.17, 15) is 4.21 Å². The van der Waals surface area contributed by atoms with E-state index in [4.69, 9.17) is 9.47 Å². The highest BCUT2D eigenvalue weighted by Crippen LogP contribution is 2.37. The molecule has 0 amide bonds. The van der Waals surface area contributed by atoms with E-state index in [0.29, 0.717) is 25.0 Å². The monoisotopic (exact) mass is 247 g/mol. The Morgan fingerprint density at radius 3 is 2.69 bits per heavy atom. The zero-order valence-electron chi connectivity index (χ0n) is 10.0. The summed E-state index contributed by atoms with van der Waals surface area (Å²) in [5.74, 6) is 0.280. The van der Waals surface area contributed by atoms with E-state index in [0.717, 1.165) is 19.3 Å². The first-order valence-corrected chi connectivity index (χ1v) is 7.41. The van der Waals surface area contributed by atoms with Crippen molar-refractivity contribution in [3.05, 3.63) is 0 Å². The summed E-state index contributed by atoms with van der Waals surface area (Å²) in [6, 6.07) is 0.333. The summed E-state index contributed by atoms with van der Waals surface area (Å²) in [6.07, 6.45) is 2.65. The molecule has 0 bridgehead atoms. The van der Waals surface area contributed by atoms with Gasteiger partial charge in [-0.15, -0.1) is 0 Å². The molecule has 0 aromatic heterocycles. The molecular weight excluding hydrogens is 226 g/mol. The van der Waals surface area contributed by atoms with Crippen LogP contribution in [0.2, 0.25) is 0 Å². The summed E-state index contributed by atoms with van der Waals surface area (Å²) >= 11 is 0. The van der Waals surface area contributed by atoms with Crippen molar-refractivity contribution in [2.45, 2.75) is 43.3 Å². The van der Waals surface area contributed by atoms with Gasteiger partial charge < -0.3 is 14.8 Å². The molecule has 2 rings (SSSR count). The van der Waals surface area contributed by atoms with Crippen LogP contribution in [-0.4, -0.2) is 47.3 Å². The highest BCUT2D eigenvalue weighted by molar-refractivity contribution is 7.85. The molecule has 0 aromatic carbocycles. The van der Waals surface area contributed by atoms with Crippen molar-refractivity contribution in [2.75, 3.05) is 26.0 Å². The van der Waals surface area contributed by atoms with Crippen molar-refractivity contribution < 1.29 is 13.7 Å². The van der Waals surface area contributed by atoms with Crippen LogP contribution in [0.1, 0.15) is 26.2 Å². The first kappa shape index (κ1) is 12.5. The molecule has 1 saturated heterocycles. The fourth-order valence-electron chi connectivity index (χ4n) is 2.69. The van der Waals surface area contributed by atoms with Gasteiger partial charge in [0, 0.05) is 35.4 Å². The molecule has 2 aliphatic rings. The lowest BCUT2D eigenvalue weighted by Crippen LogP contribution is -2.52. The molecule has 2 fully saturated rings. The Morgan fingerprint density at radius 1 is 1.44 bits per heavy atom. The van der Waals surface area contributed by atoms with Crippen molar-refractivity contribution in [1.29, 1.82) is 0 Å². The second-order valence-corrected chi connectivity index (χ2v) is 6.40. The topological polar surface area (TPSA) is 47.6 Å². The third kappa shape index (κ3) is 2.32. The fourth-order valence-corrected chi connectivity index (χ4v) is 4.20. The largest absolute Gasteiger partial charge is 0.347 e. The Morgan fingerprint density at radius 2 is 2.12 bits per heavy atom. The van der Waals surface area contributed by atoms with Gasteiger partial charge in [0.2, 0.25) is 0 Å². The second-order valence-electron chi connectivity index (χ2n) is 4.45. The Hall–Kier alpha value is 0.0300. The van der Waals surface area contributed by atoms with E-state index in [1.807, 2.05) is 14.0 Å². The second kappa shape index (κ2) is 5.12. The maximum Gasteiger partial charge on any atom is 0.169 e. The van der Waals surface area contributed by atoms with Gasteiger partial charge >= 0.3 is 0 Å². The third-order valence-electron chi connectivity index (χ3n) is 3.60. The van der Waals surface area contributed by atoms with Crippen LogP contribution >= 0.6 is 0 Å². The van der Waals surface area contributed by atoms with E-state index in [1.54, 1.807) is 0 Å². The predicted molar refractivity (Wildman–Crippen MR) is 63.8 cm³/mol. The van der Waals surface area contributed by atoms with Gasteiger partial charge in [-0.1, -0.05) is 6.92 Å². The summed E-state index contributed by atoms with van der Waals surface area (Å²) in [5.41, 5.74) is 0. The number of hydrogen-bond acceptors (Lipinski definition) is 4. The van der Waals surface area contributed by atoms with Crippen LogP contribution < -0.4 is 5.32 Å². The average Bonchev–Trinajstić information content (AvgIpc) is 2.76. The lowest BCUT2D eigenvalue weighted by molar-refractivity contribution is -0.178. The zero-order valence-corrected chi connectivity index (χ0v) is 10.8. The summed E-state index contributed by atoms with van der Waals surface area (Å²) in [4.78, 5) is 0. The van der Waals surface area contributed by atoms with Crippen LogP contribution in [0.25, 0.3) is 0 Å². The molecule has 0 aromatic rings. The smallest absolute Gasteiger partial charge is 0.169 e. The van der Waals surface area contributed by atoms with E-state index >= 15 is 0 Å². The Bertz CT molecular complexity index is 266. The quantitative estimate of drug-likeness (QED) is 0.795. The van der Waals surface area contributed by atoms with Crippen LogP contribution in [-0.2, 0) is 20.3 Å². The highest BCUT2D eigenvalue weighted by Gasteiger charge is 2.46. The molecule has 1 spiro atoms. The molecular formula is C11H21NO3S. The van der Waals surface area contributed by atoms with Gasteiger partial charge in [-0.3, -0.25) is 4.21 Å². The number of ether oxygens (including phenoxy) is 2. The van der Waals surface area contributed by atoms with Gasteiger partial charge in [0.25, 0.3) is 0 Å². The first-order valence-electron chi connectivity index (χ1n) is 6.03. The van der Waals surface area contributed by atoms with Crippen LogP contribution in [0.3, 0.4) is 0 Å². The molecule has 1 saturated carbocycles. The Kier molecular flexibility index (Phi) is 4.00. The SMILES string of the molecule is CCS(=O)C1CC2(CCC1NC)OCCO2. The van der Waals surface area contributed by atoms with Crippen molar-refractivity contribution in [2.24, 2.45) is 0 Å². The maximum atomic E-state index is 12.0. The van der Waals surface area contributed by atoms with E-state index in [-0.39, 0.29) is 5.25 Å². The van der Waals surface area contributed by atoms with E-state index in [2.05, 4.69) is 5.32 Å². The minimum Gasteiger partial charge on any atom is -0.347 e. The van der Waals surface area contributed by atoms with Crippen molar-refractivity contribution in [3.63, 3.8) is 0 Å². The molecule has 1 aliphatic heterocycles. The standard InChI is InChI=1S/C11H21NO3S/c1-3-16(13)10-8-11(14-6-7-15-11)5-4-9(10)12-2/h9-10,12H,3-8H2,1-2H3. The molecule has 4 nitrogen and oxygen atoms in total. The van der Waals surface area contributed by atoms with Crippen LogP contribution in [0, 0.1) is 0 Å². The predicted octanol–water partition coefficient (Wildman–Crippen LogP) is 0.639. The number of hydrogen-bond donors (Lipinski definition) is 1. The van der Waals surface area contributed by atoms with Gasteiger partial charge in [-0.2, -0.15) is 0 Å².